The van der Waals surface area contributed by atoms with Gasteiger partial charge in [0, 0.05) is 12.8 Å². The molecule has 0 heterocycles. The van der Waals surface area contributed by atoms with Gasteiger partial charge in [0.2, 0.25) is 17.7 Å². The van der Waals surface area contributed by atoms with Crippen LogP contribution in [-0.2, 0) is 30.4 Å². The van der Waals surface area contributed by atoms with Crippen molar-refractivity contribution in [3.05, 3.63) is 35.9 Å². The van der Waals surface area contributed by atoms with E-state index in [1.54, 1.807) is 44.2 Å². The van der Waals surface area contributed by atoms with Crippen LogP contribution in [0, 0.1) is 11.8 Å². The lowest BCUT2D eigenvalue weighted by Crippen LogP contribution is -2.58. The molecule has 0 saturated heterocycles. The lowest BCUT2D eigenvalue weighted by molar-refractivity contribution is -0.142. The monoisotopic (exact) mass is 506 g/mol. The summed E-state index contributed by atoms with van der Waals surface area (Å²) in [7, 11) is 0. The summed E-state index contributed by atoms with van der Waals surface area (Å²) in [5.41, 5.74) is 6.48. The van der Waals surface area contributed by atoms with Gasteiger partial charge in [0.05, 0.1) is 6.04 Å². The minimum atomic E-state index is -1.20. The Bertz CT molecular complexity index is 905. The van der Waals surface area contributed by atoms with E-state index in [1.807, 2.05) is 13.8 Å². The van der Waals surface area contributed by atoms with Crippen molar-refractivity contribution in [2.24, 2.45) is 17.6 Å². The highest BCUT2D eigenvalue weighted by Gasteiger charge is 2.32. The van der Waals surface area contributed by atoms with Gasteiger partial charge in [-0.25, -0.2) is 4.79 Å². The summed E-state index contributed by atoms with van der Waals surface area (Å²) in [5.74, 6) is -4.62. The van der Waals surface area contributed by atoms with Crippen molar-refractivity contribution in [3.8, 4) is 0 Å². The van der Waals surface area contributed by atoms with E-state index in [4.69, 9.17) is 10.8 Å². The predicted octanol–water partition coefficient (Wildman–Crippen LogP) is 0.662. The summed E-state index contributed by atoms with van der Waals surface area (Å²) in [6, 6.07) is 4.48. The molecule has 0 aliphatic carbocycles. The molecule has 0 bridgehead atoms. The van der Waals surface area contributed by atoms with Crippen LogP contribution < -0.4 is 21.7 Å². The maximum absolute atomic E-state index is 13.1. The van der Waals surface area contributed by atoms with Gasteiger partial charge in [-0.15, -0.1) is 0 Å². The van der Waals surface area contributed by atoms with Crippen LogP contribution in [0.4, 0.5) is 0 Å². The molecule has 0 aliphatic rings. The summed E-state index contributed by atoms with van der Waals surface area (Å²) in [6.45, 7) is 7.11. The molecule has 3 amide bonds. The van der Waals surface area contributed by atoms with Crippen LogP contribution in [0.25, 0.3) is 0 Å². The second kappa shape index (κ2) is 14.8. The van der Waals surface area contributed by atoms with E-state index in [0.29, 0.717) is 0 Å². The predicted molar refractivity (Wildman–Crippen MR) is 133 cm³/mol. The first-order chi connectivity index (χ1) is 16.8. The Labute approximate surface area is 211 Å². The molecule has 0 radical (unpaired) electrons. The van der Waals surface area contributed by atoms with Gasteiger partial charge in [-0.05, 0) is 30.2 Å². The van der Waals surface area contributed by atoms with Crippen molar-refractivity contribution < 1.29 is 34.2 Å². The average molecular weight is 507 g/mol. The quantitative estimate of drug-likeness (QED) is 0.200. The molecule has 1 aromatic carbocycles. The number of nitrogens with two attached hydrogens (primary N) is 1. The van der Waals surface area contributed by atoms with Gasteiger partial charge in [0.25, 0.3) is 0 Å². The number of benzene rings is 1. The smallest absolute Gasteiger partial charge is 0.326 e. The normalized spacial score (nSPS) is 14.4. The SMILES string of the molecule is CC(C)C[C@H](NC(=O)[C@@H](NC(=O)[C@@H](N)CCC(=O)O)C(C)C)C(=O)N[C@@H](Cc1ccccc1)C(=O)O. The van der Waals surface area contributed by atoms with Crippen molar-refractivity contribution in [3.63, 3.8) is 0 Å². The Kier molecular flexibility index (Phi) is 12.6. The first-order valence-corrected chi connectivity index (χ1v) is 12.0. The zero-order valence-electron chi connectivity index (χ0n) is 21.2. The Balaban J connectivity index is 2.95. The fraction of sp³-hybridized carbons (Fsp3) is 0.560. The molecule has 36 heavy (non-hydrogen) atoms. The van der Waals surface area contributed by atoms with Crippen molar-refractivity contribution in [2.45, 2.75) is 77.5 Å². The average Bonchev–Trinajstić information content (AvgIpc) is 2.79. The lowest BCUT2D eigenvalue weighted by atomic mass is 9.98. The second-order valence-electron chi connectivity index (χ2n) is 9.55. The number of carbonyl (C=O) groups excluding carboxylic acids is 3. The van der Waals surface area contributed by atoms with Crippen molar-refractivity contribution in [1.82, 2.24) is 16.0 Å². The van der Waals surface area contributed by atoms with Gasteiger partial charge >= 0.3 is 11.9 Å². The fourth-order valence-electron chi connectivity index (χ4n) is 3.49. The third-order valence-corrected chi connectivity index (χ3v) is 5.49. The minimum Gasteiger partial charge on any atom is -0.481 e. The summed E-state index contributed by atoms with van der Waals surface area (Å²) < 4.78 is 0. The van der Waals surface area contributed by atoms with Gasteiger partial charge in [-0.2, -0.15) is 0 Å². The van der Waals surface area contributed by atoms with Crippen LogP contribution in [0.3, 0.4) is 0 Å². The van der Waals surface area contributed by atoms with E-state index >= 15 is 0 Å². The Hall–Kier alpha value is -3.47. The zero-order valence-corrected chi connectivity index (χ0v) is 21.2. The number of hydrogen-bond donors (Lipinski definition) is 6. The van der Waals surface area contributed by atoms with Crippen LogP contribution in [0.1, 0.15) is 52.5 Å². The molecule has 11 nitrogen and oxygen atoms in total. The topological polar surface area (TPSA) is 188 Å². The zero-order chi connectivity index (χ0) is 27.4. The van der Waals surface area contributed by atoms with E-state index in [2.05, 4.69) is 16.0 Å². The first kappa shape index (κ1) is 30.6. The van der Waals surface area contributed by atoms with Gasteiger partial charge in [0.1, 0.15) is 18.1 Å². The maximum atomic E-state index is 13.1. The summed E-state index contributed by atoms with van der Waals surface area (Å²) >= 11 is 0. The molecule has 0 unspecified atom stereocenters. The Morgan fingerprint density at radius 2 is 1.42 bits per heavy atom. The molecule has 7 N–H and O–H groups in total. The molecule has 11 heteroatoms. The van der Waals surface area contributed by atoms with Gasteiger partial charge in [-0.1, -0.05) is 58.0 Å². The highest BCUT2D eigenvalue weighted by atomic mass is 16.4. The third kappa shape index (κ3) is 10.9. The number of amides is 3. The lowest BCUT2D eigenvalue weighted by Gasteiger charge is -2.27. The molecule has 1 rings (SSSR count). The molecular weight excluding hydrogens is 468 g/mol. The van der Waals surface area contributed by atoms with Crippen molar-refractivity contribution in [2.75, 3.05) is 0 Å². The van der Waals surface area contributed by atoms with Crippen LogP contribution in [0.2, 0.25) is 0 Å². The summed E-state index contributed by atoms with van der Waals surface area (Å²) in [5, 5.41) is 26.1. The largest absolute Gasteiger partial charge is 0.481 e. The number of carboxylic acid groups (broad SMARTS) is 2. The van der Waals surface area contributed by atoms with Gasteiger partial charge in [0.15, 0.2) is 0 Å². The second-order valence-corrected chi connectivity index (χ2v) is 9.55. The van der Waals surface area contributed by atoms with E-state index in [1.165, 1.54) is 0 Å². The number of nitrogens with one attached hydrogen (secondary N) is 3. The molecule has 0 spiro atoms. The number of hydrogen-bond acceptors (Lipinski definition) is 6. The molecule has 4 atom stereocenters. The molecular formula is C25H38N4O7. The third-order valence-electron chi connectivity index (χ3n) is 5.49. The Morgan fingerprint density at radius 1 is 0.833 bits per heavy atom. The standard InChI is InChI=1S/C25H38N4O7/c1-14(2)12-18(23(33)28-19(25(35)36)13-16-8-6-5-7-9-16)27-24(34)21(15(3)4)29-22(32)17(26)10-11-20(30)31/h5-9,14-15,17-19,21H,10-13,26H2,1-4H3,(H,27,34)(H,28,33)(H,29,32)(H,30,31)(H,35,36)/t17-,18-,19-,21-/m0/s1. The maximum Gasteiger partial charge on any atom is 0.326 e. The van der Waals surface area contributed by atoms with Crippen LogP contribution in [-0.4, -0.2) is 64.0 Å². The molecule has 0 aromatic heterocycles. The Morgan fingerprint density at radius 3 is 1.92 bits per heavy atom. The van der Waals surface area contributed by atoms with E-state index in [0.717, 1.165) is 5.56 Å². The number of carbonyl (C=O) groups is 5. The van der Waals surface area contributed by atoms with Crippen LogP contribution in [0.5, 0.6) is 0 Å². The molecule has 1 aromatic rings. The molecule has 200 valence electrons. The first-order valence-electron chi connectivity index (χ1n) is 12.0. The number of rotatable bonds is 15. The fourth-order valence-corrected chi connectivity index (χ4v) is 3.49. The van der Waals surface area contributed by atoms with E-state index in [-0.39, 0.29) is 37.5 Å². The van der Waals surface area contributed by atoms with Crippen molar-refractivity contribution in [1.29, 1.82) is 0 Å². The van der Waals surface area contributed by atoms with Crippen LogP contribution >= 0.6 is 0 Å². The number of carboxylic acids is 2. The number of aliphatic carboxylic acids is 2. The summed E-state index contributed by atoms with van der Waals surface area (Å²) in [4.78, 5) is 61.0. The van der Waals surface area contributed by atoms with Crippen LogP contribution in [0.15, 0.2) is 30.3 Å². The van der Waals surface area contributed by atoms with E-state index in [9.17, 15) is 29.1 Å². The summed E-state index contributed by atoms with van der Waals surface area (Å²) in [6.07, 6.45) is -0.0727. The highest BCUT2D eigenvalue weighted by Crippen LogP contribution is 2.10. The highest BCUT2D eigenvalue weighted by molar-refractivity contribution is 5.94. The molecule has 0 aliphatic heterocycles. The minimum absolute atomic E-state index is 0.00464. The van der Waals surface area contributed by atoms with E-state index < -0.39 is 53.8 Å². The van der Waals surface area contributed by atoms with Crippen molar-refractivity contribution >= 4 is 29.7 Å². The van der Waals surface area contributed by atoms with Gasteiger partial charge < -0.3 is 31.9 Å². The molecule has 0 saturated carbocycles. The molecule has 0 fully saturated rings. The van der Waals surface area contributed by atoms with Gasteiger partial charge in [-0.3, -0.25) is 19.2 Å².